The van der Waals surface area contributed by atoms with Gasteiger partial charge in [0.2, 0.25) is 0 Å². The lowest BCUT2D eigenvalue weighted by Crippen LogP contribution is -2.30. The van der Waals surface area contributed by atoms with Crippen LogP contribution in [0.5, 0.6) is 0 Å². The maximum Gasteiger partial charge on any atom is 0.472 e. The fourth-order valence-corrected chi connectivity index (χ4v) is 15.2. The molecular weight excluding hydrogens is 1380 g/mol. The third-order valence-electron chi connectivity index (χ3n) is 20.5. The topological polar surface area (TPSA) is 237 Å². The summed E-state index contributed by atoms with van der Waals surface area (Å²) in [5.74, 6) is -1.29. The van der Waals surface area contributed by atoms with Gasteiger partial charge in [0.25, 0.3) is 0 Å². The fourth-order valence-electron chi connectivity index (χ4n) is 13.6. The Bertz CT molecular complexity index is 2010. The van der Waals surface area contributed by atoms with Crippen molar-refractivity contribution in [3.63, 3.8) is 0 Å². The van der Waals surface area contributed by atoms with E-state index in [9.17, 15) is 43.2 Å². The number of unbranched alkanes of at least 4 members (excludes halogenated alkanes) is 59. The maximum atomic E-state index is 13.2. The van der Waals surface area contributed by atoms with E-state index in [1.165, 1.54) is 295 Å². The smallest absolute Gasteiger partial charge is 0.462 e. The standard InChI is InChI=1S/C87H170O17P2/c1-6-9-12-15-18-21-24-27-29-31-33-37-41-46-51-56-61-66-71-85(90)98-77-83(104-87(92)73-68-63-58-53-48-43-39-35-36-40-44-49-54-59-64-69-80(4)5)79-102-106(95,96)100-75-81(88)74-99-105(93,94)101-78-82(76-97-84(89)70-65-60-55-50-45-26-23-20-17-14-11-8-3)103-86(91)72-67-62-57-52-47-42-38-34-32-30-28-25-22-19-16-13-10-7-2/h80-83,88H,6-79H2,1-5H3,(H,93,94)(H,95,96)/t81-,82+,83+/m0/s1. The number of aliphatic hydroxyl groups is 1. The molecule has 2 unspecified atom stereocenters. The molecule has 0 radical (unpaired) electrons. The van der Waals surface area contributed by atoms with Gasteiger partial charge in [0.1, 0.15) is 19.3 Å². The van der Waals surface area contributed by atoms with Crippen molar-refractivity contribution in [2.45, 2.75) is 490 Å². The third-order valence-corrected chi connectivity index (χ3v) is 22.4. The van der Waals surface area contributed by atoms with Crippen LogP contribution in [0.25, 0.3) is 0 Å². The normalized spacial score (nSPS) is 13.7. The minimum absolute atomic E-state index is 0.109. The molecule has 0 aliphatic carbocycles. The molecule has 0 aliphatic rings. The van der Waals surface area contributed by atoms with E-state index in [2.05, 4.69) is 34.6 Å². The van der Waals surface area contributed by atoms with Crippen LogP contribution < -0.4 is 0 Å². The van der Waals surface area contributed by atoms with Crippen molar-refractivity contribution in [3.8, 4) is 0 Å². The van der Waals surface area contributed by atoms with Crippen molar-refractivity contribution in [2.24, 2.45) is 5.92 Å². The third kappa shape index (κ3) is 80.1. The zero-order valence-corrected chi connectivity index (χ0v) is 71.4. The lowest BCUT2D eigenvalue weighted by atomic mass is 10.0. The summed E-state index contributed by atoms with van der Waals surface area (Å²) in [7, 11) is -9.93. The summed E-state index contributed by atoms with van der Waals surface area (Å²) in [5, 5.41) is 10.7. The highest BCUT2D eigenvalue weighted by atomic mass is 31.2. The summed E-state index contributed by atoms with van der Waals surface area (Å²) < 4.78 is 69.0. The van der Waals surface area contributed by atoms with Crippen molar-refractivity contribution in [3.05, 3.63) is 0 Å². The molecule has 0 amide bonds. The van der Waals surface area contributed by atoms with Gasteiger partial charge in [-0.15, -0.1) is 0 Å². The molecule has 3 N–H and O–H groups in total. The van der Waals surface area contributed by atoms with E-state index >= 15 is 0 Å². The van der Waals surface area contributed by atoms with Gasteiger partial charge in [0.15, 0.2) is 12.2 Å². The second-order valence-corrected chi connectivity index (χ2v) is 34.7. The summed E-state index contributed by atoms with van der Waals surface area (Å²) in [4.78, 5) is 73.3. The predicted octanol–water partition coefficient (Wildman–Crippen LogP) is 26.8. The minimum Gasteiger partial charge on any atom is -0.462 e. The van der Waals surface area contributed by atoms with Crippen LogP contribution in [0.4, 0.5) is 0 Å². The number of esters is 4. The zero-order chi connectivity index (χ0) is 77.6. The average Bonchev–Trinajstić information content (AvgIpc) is 0.925. The van der Waals surface area contributed by atoms with Gasteiger partial charge in [-0.1, -0.05) is 420 Å². The van der Waals surface area contributed by atoms with Gasteiger partial charge >= 0.3 is 39.5 Å². The van der Waals surface area contributed by atoms with E-state index in [-0.39, 0.29) is 25.7 Å². The van der Waals surface area contributed by atoms with Gasteiger partial charge in [-0.2, -0.15) is 0 Å². The number of phosphoric ester groups is 2. The van der Waals surface area contributed by atoms with Gasteiger partial charge in [-0.25, -0.2) is 9.13 Å². The Hall–Kier alpha value is -1.94. The summed E-state index contributed by atoms with van der Waals surface area (Å²) in [6, 6.07) is 0. The highest BCUT2D eigenvalue weighted by molar-refractivity contribution is 7.47. The monoisotopic (exact) mass is 1550 g/mol. The van der Waals surface area contributed by atoms with Gasteiger partial charge in [0, 0.05) is 25.7 Å². The van der Waals surface area contributed by atoms with Gasteiger partial charge in [0.05, 0.1) is 26.4 Å². The van der Waals surface area contributed by atoms with E-state index in [0.717, 1.165) is 95.8 Å². The molecule has 19 heteroatoms. The number of carbonyl (C=O) groups excluding carboxylic acids is 4. The van der Waals surface area contributed by atoms with Crippen LogP contribution in [0.15, 0.2) is 0 Å². The number of hydrogen-bond acceptors (Lipinski definition) is 15. The molecule has 0 aromatic carbocycles. The molecule has 0 bridgehead atoms. The second kappa shape index (κ2) is 79.7. The Morgan fingerprint density at radius 3 is 0.642 bits per heavy atom. The van der Waals surface area contributed by atoms with Crippen molar-refractivity contribution in [1.82, 2.24) is 0 Å². The van der Waals surface area contributed by atoms with Crippen molar-refractivity contribution in [2.75, 3.05) is 39.6 Å². The quantitative estimate of drug-likeness (QED) is 0.0222. The Balaban J connectivity index is 5.25. The highest BCUT2D eigenvalue weighted by Gasteiger charge is 2.30. The van der Waals surface area contributed by atoms with E-state index in [1.807, 2.05) is 0 Å². The SMILES string of the molecule is CCCCCCCCCCCCCCCCCCCCC(=O)OC[C@H](COP(=O)(O)OC[C@@H](O)COP(=O)(O)OC[C@@H](COC(=O)CCCCCCCCCCCCCC)OC(=O)CCCCCCCCCCCCCCCCCCCC)OC(=O)CCCCCCCCCCCCCCCCCC(C)C. The van der Waals surface area contributed by atoms with Crippen LogP contribution in [0.1, 0.15) is 471 Å². The largest absolute Gasteiger partial charge is 0.472 e. The van der Waals surface area contributed by atoms with Gasteiger partial charge < -0.3 is 33.8 Å². The summed E-state index contributed by atoms with van der Waals surface area (Å²) in [6.07, 6.45) is 73.5. The second-order valence-electron chi connectivity index (χ2n) is 31.8. The van der Waals surface area contributed by atoms with Crippen molar-refractivity contribution in [1.29, 1.82) is 0 Å². The Morgan fingerprint density at radius 2 is 0.434 bits per heavy atom. The molecule has 106 heavy (non-hydrogen) atoms. The van der Waals surface area contributed by atoms with Crippen LogP contribution in [0.3, 0.4) is 0 Å². The Labute approximate surface area is 651 Å². The number of carbonyl (C=O) groups is 4. The van der Waals surface area contributed by atoms with Gasteiger partial charge in [-0.05, 0) is 31.6 Å². The van der Waals surface area contributed by atoms with E-state index in [1.54, 1.807) is 0 Å². The summed E-state index contributed by atoms with van der Waals surface area (Å²) >= 11 is 0. The van der Waals surface area contributed by atoms with Crippen LogP contribution in [0, 0.1) is 5.92 Å². The average molecular weight is 1550 g/mol. The van der Waals surface area contributed by atoms with E-state index in [0.29, 0.717) is 25.7 Å². The van der Waals surface area contributed by atoms with Crippen LogP contribution in [-0.2, 0) is 65.4 Å². The van der Waals surface area contributed by atoms with Gasteiger partial charge in [-0.3, -0.25) is 37.3 Å². The molecule has 0 aliphatic heterocycles. The summed E-state index contributed by atoms with van der Waals surface area (Å²) in [6.45, 7) is 7.41. The molecule has 0 aromatic heterocycles. The molecular formula is C87H170O17P2. The first-order valence-corrected chi connectivity index (χ1v) is 48.1. The number of phosphoric acid groups is 2. The number of ether oxygens (including phenoxy) is 4. The first-order chi connectivity index (χ1) is 51.5. The van der Waals surface area contributed by atoms with Crippen LogP contribution in [0.2, 0.25) is 0 Å². The molecule has 5 atom stereocenters. The summed E-state index contributed by atoms with van der Waals surface area (Å²) in [5.41, 5.74) is 0. The first-order valence-electron chi connectivity index (χ1n) is 45.1. The maximum absolute atomic E-state index is 13.2. The zero-order valence-electron chi connectivity index (χ0n) is 69.6. The Kier molecular flexibility index (Phi) is 78.2. The molecule has 0 aromatic rings. The lowest BCUT2D eigenvalue weighted by Gasteiger charge is -2.21. The molecule has 0 rings (SSSR count). The number of hydrogen-bond donors (Lipinski definition) is 3. The molecule has 0 spiro atoms. The highest BCUT2D eigenvalue weighted by Crippen LogP contribution is 2.45. The minimum atomic E-state index is -4.97. The van der Waals surface area contributed by atoms with Crippen molar-refractivity contribution >= 4 is 39.5 Å². The number of aliphatic hydroxyl groups excluding tert-OH is 1. The first kappa shape index (κ1) is 104. The molecule has 17 nitrogen and oxygen atoms in total. The lowest BCUT2D eigenvalue weighted by molar-refractivity contribution is -0.161. The van der Waals surface area contributed by atoms with E-state index < -0.39 is 97.5 Å². The molecule has 630 valence electrons. The number of rotatable bonds is 87. The van der Waals surface area contributed by atoms with E-state index in [4.69, 9.17) is 37.0 Å². The van der Waals surface area contributed by atoms with Crippen LogP contribution >= 0.6 is 15.6 Å². The fraction of sp³-hybridized carbons (Fsp3) is 0.954. The Morgan fingerprint density at radius 1 is 0.255 bits per heavy atom. The molecule has 0 saturated heterocycles. The van der Waals surface area contributed by atoms with Crippen LogP contribution in [-0.4, -0.2) is 96.7 Å². The van der Waals surface area contributed by atoms with Crippen molar-refractivity contribution < 1.29 is 80.2 Å². The molecule has 0 fully saturated rings. The molecule has 0 saturated carbocycles. The molecule has 0 heterocycles. The predicted molar refractivity (Wildman–Crippen MR) is 437 cm³/mol.